The standard InChI is InChI=1S/C18H31N5O/c1-3-19-18(20-8-4-10-23-11-13-24-14-12-23)21-9-7-17-6-5-16(2)22-15-17/h5-6,15H,3-4,7-14H2,1-2H3,(H2,19,20,21). The Bertz CT molecular complexity index is 483. The molecule has 2 rings (SSSR count). The third-order valence-electron chi connectivity index (χ3n) is 4.03. The van der Waals surface area contributed by atoms with Gasteiger partial charge >= 0.3 is 0 Å². The van der Waals surface area contributed by atoms with Crippen molar-refractivity contribution in [3.63, 3.8) is 0 Å². The van der Waals surface area contributed by atoms with Crippen LogP contribution in [0.2, 0.25) is 0 Å². The quantitative estimate of drug-likeness (QED) is 0.425. The molecule has 6 heteroatoms. The van der Waals surface area contributed by atoms with Gasteiger partial charge in [-0.3, -0.25) is 14.9 Å². The summed E-state index contributed by atoms with van der Waals surface area (Å²) in [6.45, 7) is 11.6. The number of aryl methyl sites for hydroxylation is 1. The zero-order valence-corrected chi connectivity index (χ0v) is 15.1. The Morgan fingerprint density at radius 2 is 2.12 bits per heavy atom. The number of nitrogens with zero attached hydrogens (tertiary/aromatic N) is 3. The number of guanidine groups is 1. The van der Waals surface area contributed by atoms with Crippen molar-refractivity contribution in [2.75, 3.05) is 52.5 Å². The first-order chi connectivity index (χ1) is 11.8. The molecule has 1 aliphatic rings. The van der Waals surface area contributed by atoms with Gasteiger partial charge in [-0.2, -0.15) is 0 Å². The van der Waals surface area contributed by atoms with E-state index in [0.29, 0.717) is 0 Å². The molecule has 0 spiro atoms. The topological polar surface area (TPSA) is 61.8 Å². The molecule has 1 aromatic rings. The molecule has 1 aliphatic heterocycles. The molecule has 1 saturated heterocycles. The molecule has 2 heterocycles. The summed E-state index contributed by atoms with van der Waals surface area (Å²) in [7, 11) is 0. The summed E-state index contributed by atoms with van der Waals surface area (Å²) in [6, 6.07) is 4.19. The lowest BCUT2D eigenvalue weighted by molar-refractivity contribution is 0.0377. The third-order valence-corrected chi connectivity index (χ3v) is 4.03. The van der Waals surface area contributed by atoms with Gasteiger partial charge < -0.3 is 15.4 Å². The van der Waals surface area contributed by atoms with Gasteiger partial charge in [0.2, 0.25) is 0 Å². The van der Waals surface area contributed by atoms with Crippen LogP contribution < -0.4 is 10.6 Å². The van der Waals surface area contributed by atoms with E-state index in [1.165, 1.54) is 5.56 Å². The Labute approximate surface area is 145 Å². The van der Waals surface area contributed by atoms with Gasteiger partial charge in [0.25, 0.3) is 0 Å². The van der Waals surface area contributed by atoms with E-state index in [4.69, 9.17) is 4.74 Å². The number of aliphatic imine (C=N–C) groups is 1. The van der Waals surface area contributed by atoms with Crippen LogP contribution in [-0.4, -0.2) is 68.3 Å². The van der Waals surface area contributed by atoms with E-state index in [-0.39, 0.29) is 0 Å². The maximum Gasteiger partial charge on any atom is 0.191 e. The van der Waals surface area contributed by atoms with Crippen molar-refractivity contribution < 1.29 is 4.74 Å². The van der Waals surface area contributed by atoms with E-state index in [1.807, 2.05) is 13.1 Å². The molecule has 0 amide bonds. The van der Waals surface area contributed by atoms with E-state index >= 15 is 0 Å². The number of hydrogen-bond donors (Lipinski definition) is 2. The van der Waals surface area contributed by atoms with E-state index in [2.05, 4.69) is 44.6 Å². The highest BCUT2D eigenvalue weighted by Crippen LogP contribution is 2.00. The predicted octanol–water partition coefficient (Wildman–Crippen LogP) is 1.21. The molecule has 0 radical (unpaired) electrons. The highest BCUT2D eigenvalue weighted by molar-refractivity contribution is 5.79. The van der Waals surface area contributed by atoms with Crippen molar-refractivity contribution in [2.45, 2.75) is 26.7 Å². The first-order valence-electron chi connectivity index (χ1n) is 9.01. The summed E-state index contributed by atoms with van der Waals surface area (Å²) >= 11 is 0. The molecule has 0 bridgehead atoms. The Kier molecular flexibility index (Phi) is 8.55. The Morgan fingerprint density at radius 1 is 1.29 bits per heavy atom. The zero-order valence-electron chi connectivity index (χ0n) is 15.1. The van der Waals surface area contributed by atoms with E-state index in [9.17, 15) is 0 Å². The van der Waals surface area contributed by atoms with Gasteiger partial charge in [-0.05, 0) is 38.3 Å². The minimum Gasteiger partial charge on any atom is -0.379 e. The van der Waals surface area contributed by atoms with Crippen molar-refractivity contribution >= 4 is 5.96 Å². The summed E-state index contributed by atoms with van der Waals surface area (Å²) in [5, 5.41) is 6.71. The number of ether oxygens (including phenoxy) is 1. The van der Waals surface area contributed by atoms with Crippen molar-refractivity contribution in [3.8, 4) is 0 Å². The summed E-state index contributed by atoms with van der Waals surface area (Å²) in [6.07, 6.45) is 3.98. The van der Waals surface area contributed by atoms with Gasteiger partial charge in [-0.15, -0.1) is 0 Å². The molecule has 1 aromatic heterocycles. The molecule has 6 nitrogen and oxygen atoms in total. The number of aromatic nitrogens is 1. The van der Waals surface area contributed by atoms with Crippen molar-refractivity contribution in [1.82, 2.24) is 20.5 Å². The number of rotatable bonds is 8. The van der Waals surface area contributed by atoms with Gasteiger partial charge in [0.1, 0.15) is 0 Å². The summed E-state index contributed by atoms with van der Waals surface area (Å²) in [5.41, 5.74) is 2.30. The molecular formula is C18H31N5O. The molecule has 134 valence electrons. The van der Waals surface area contributed by atoms with Crippen LogP contribution in [0.3, 0.4) is 0 Å². The van der Waals surface area contributed by atoms with Crippen LogP contribution in [0, 0.1) is 6.92 Å². The first kappa shape index (κ1) is 18.7. The minimum absolute atomic E-state index is 0.846. The Morgan fingerprint density at radius 3 is 2.83 bits per heavy atom. The lowest BCUT2D eigenvalue weighted by Gasteiger charge is -2.26. The molecule has 0 aliphatic carbocycles. The molecule has 24 heavy (non-hydrogen) atoms. The van der Waals surface area contributed by atoms with Gasteiger partial charge in [0.05, 0.1) is 13.2 Å². The van der Waals surface area contributed by atoms with E-state index in [1.54, 1.807) is 0 Å². The largest absolute Gasteiger partial charge is 0.379 e. The molecule has 0 aromatic carbocycles. The Hall–Kier alpha value is -1.66. The van der Waals surface area contributed by atoms with Crippen LogP contribution >= 0.6 is 0 Å². The first-order valence-corrected chi connectivity index (χ1v) is 9.01. The van der Waals surface area contributed by atoms with E-state index < -0.39 is 0 Å². The second-order valence-corrected chi connectivity index (χ2v) is 6.05. The fraction of sp³-hybridized carbons (Fsp3) is 0.667. The molecular weight excluding hydrogens is 302 g/mol. The van der Waals surface area contributed by atoms with Crippen LogP contribution in [-0.2, 0) is 11.2 Å². The van der Waals surface area contributed by atoms with Gasteiger partial charge in [-0.1, -0.05) is 6.07 Å². The van der Waals surface area contributed by atoms with Gasteiger partial charge in [-0.25, -0.2) is 0 Å². The minimum atomic E-state index is 0.846. The summed E-state index contributed by atoms with van der Waals surface area (Å²) < 4.78 is 5.37. The lowest BCUT2D eigenvalue weighted by atomic mass is 10.2. The number of pyridine rings is 1. The van der Waals surface area contributed by atoms with Gasteiger partial charge in [0.15, 0.2) is 5.96 Å². The highest BCUT2D eigenvalue weighted by atomic mass is 16.5. The molecule has 2 N–H and O–H groups in total. The van der Waals surface area contributed by atoms with Crippen LogP contribution in [0.1, 0.15) is 24.6 Å². The average molecular weight is 333 g/mol. The number of hydrogen-bond acceptors (Lipinski definition) is 4. The van der Waals surface area contributed by atoms with Crippen LogP contribution in [0.5, 0.6) is 0 Å². The summed E-state index contributed by atoms with van der Waals surface area (Å²) in [5.74, 6) is 0.902. The second kappa shape index (κ2) is 11.0. The van der Waals surface area contributed by atoms with Crippen molar-refractivity contribution in [3.05, 3.63) is 29.6 Å². The normalized spacial score (nSPS) is 16.2. The predicted molar refractivity (Wildman–Crippen MR) is 98.5 cm³/mol. The average Bonchev–Trinajstić information content (AvgIpc) is 2.61. The molecule has 0 unspecified atom stereocenters. The zero-order chi connectivity index (χ0) is 17.0. The fourth-order valence-electron chi connectivity index (χ4n) is 2.62. The van der Waals surface area contributed by atoms with Gasteiger partial charge in [0, 0.05) is 51.2 Å². The smallest absolute Gasteiger partial charge is 0.191 e. The summed E-state index contributed by atoms with van der Waals surface area (Å²) in [4.78, 5) is 11.4. The maximum absolute atomic E-state index is 5.37. The van der Waals surface area contributed by atoms with Crippen molar-refractivity contribution in [1.29, 1.82) is 0 Å². The molecule has 0 atom stereocenters. The van der Waals surface area contributed by atoms with Crippen LogP contribution in [0.15, 0.2) is 23.3 Å². The third kappa shape index (κ3) is 7.27. The number of nitrogens with one attached hydrogen (secondary N) is 2. The second-order valence-electron chi connectivity index (χ2n) is 6.05. The molecule has 1 fully saturated rings. The fourth-order valence-corrected chi connectivity index (χ4v) is 2.62. The Balaban J connectivity index is 1.66. The van der Waals surface area contributed by atoms with E-state index in [0.717, 1.165) is 77.0 Å². The van der Waals surface area contributed by atoms with Crippen molar-refractivity contribution in [2.24, 2.45) is 4.99 Å². The maximum atomic E-state index is 5.37. The lowest BCUT2D eigenvalue weighted by Crippen LogP contribution is -2.39. The number of morpholine rings is 1. The van der Waals surface area contributed by atoms with Crippen LogP contribution in [0.25, 0.3) is 0 Å². The highest BCUT2D eigenvalue weighted by Gasteiger charge is 2.08. The SMILES string of the molecule is CCNC(=NCCCN1CCOCC1)NCCc1ccc(C)nc1. The molecule has 0 saturated carbocycles. The monoisotopic (exact) mass is 333 g/mol. The van der Waals surface area contributed by atoms with Crippen LogP contribution in [0.4, 0.5) is 0 Å².